The molecule has 0 saturated heterocycles. The minimum absolute atomic E-state index is 0.0487. The molecule has 0 unspecified atom stereocenters. The largest absolute Gasteiger partial charge is 0.207 e. The van der Waals surface area contributed by atoms with Gasteiger partial charge in [-0.25, -0.2) is 17.6 Å². The molecule has 0 heterocycles. The van der Waals surface area contributed by atoms with Gasteiger partial charge in [-0.05, 0) is 92.1 Å². The normalized spacial score (nSPS) is 11.1. The van der Waals surface area contributed by atoms with Crippen molar-refractivity contribution in [3.05, 3.63) is 104 Å². The lowest BCUT2D eigenvalue weighted by molar-refractivity contribution is 0.550. The van der Waals surface area contributed by atoms with Gasteiger partial charge >= 0.3 is 0 Å². The van der Waals surface area contributed by atoms with Crippen molar-refractivity contribution < 1.29 is 17.6 Å². The van der Waals surface area contributed by atoms with E-state index in [1.807, 2.05) is 6.07 Å². The number of rotatable bonds is 6. The van der Waals surface area contributed by atoms with Gasteiger partial charge in [-0.15, -0.1) is 0 Å². The maximum atomic E-state index is 14.5. The van der Waals surface area contributed by atoms with E-state index in [0.717, 1.165) is 5.56 Å². The third kappa shape index (κ3) is 5.18. The maximum absolute atomic E-state index is 14.5. The number of halogens is 5. The van der Waals surface area contributed by atoms with Crippen molar-refractivity contribution in [1.29, 1.82) is 0 Å². The predicted octanol–water partition coefficient (Wildman–Crippen LogP) is 7.08. The lowest BCUT2D eigenvalue weighted by Gasteiger charge is -2.10. The fourth-order valence-corrected chi connectivity index (χ4v) is 3.51. The number of aryl methyl sites for hydroxylation is 4. The molecule has 3 rings (SSSR count). The Morgan fingerprint density at radius 1 is 0.655 bits per heavy atom. The van der Waals surface area contributed by atoms with Crippen LogP contribution in [0.2, 0.25) is 5.02 Å². The second-order valence-electron chi connectivity index (χ2n) is 7.32. The Kier molecular flexibility index (Phi) is 6.63. The Balaban J connectivity index is 1.70. The highest BCUT2D eigenvalue weighted by atomic mass is 35.5. The Labute approximate surface area is 173 Å². The van der Waals surface area contributed by atoms with Crippen LogP contribution in [-0.4, -0.2) is 0 Å². The fourth-order valence-electron chi connectivity index (χ4n) is 3.28. The zero-order valence-electron chi connectivity index (χ0n) is 16.3. The van der Waals surface area contributed by atoms with Crippen molar-refractivity contribution in [2.75, 3.05) is 0 Å². The number of hydrogen-bond acceptors (Lipinski definition) is 0. The second kappa shape index (κ2) is 9.00. The van der Waals surface area contributed by atoms with Gasteiger partial charge < -0.3 is 0 Å². The van der Waals surface area contributed by atoms with E-state index < -0.39 is 17.5 Å². The molecule has 0 atom stereocenters. The van der Waals surface area contributed by atoms with E-state index in [0.29, 0.717) is 40.1 Å². The zero-order chi connectivity index (χ0) is 21.1. The second-order valence-corrected chi connectivity index (χ2v) is 7.72. The molecule has 0 aliphatic rings. The molecule has 0 N–H and O–H groups in total. The van der Waals surface area contributed by atoms with Gasteiger partial charge in [0.15, 0.2) is 0 Å². The molecule has 152 valence electrons. The fraction of sp³-hybridized carbons (Fsp3) is 0.250. The van der Waals surface area contributed by atoms with Crippen LogP contribution in [0.25, 0.3) is 0 Å². The lowest BCUT2D eigenvalue weighted by Crippen LogP contribution is -2.03. The van der Waals surface area contributed by atoms with Crippen molar-refractivity contribution in [2.24, 2.45) is 0 Å². The summed E-state index contributed by atoms with van der Waals surface area (Å²) in [5, 5.41) is 0.291. The molecule has 3 aromatic rings. The summed E-state index contributed by atoms with van der Waals surface area (Å²) in [6.07, 6.45) is 1.03. The summed E-state index contributed by atoms with van der Waals surface area (Å²) in [4.78, 5) is 0. The number of benzene rings is 3. The van der Waals surface area contributed by atoms with Crippen LogP contribution in [0, 0.1) is 37.1 Å². The Bertz CT molecular complexity index is 997. The predicted molar refractivity (Wildman–Crippen MR) is 108 cm³/mol. The summed E-state index contributed by atoms with van der Waals surface area (Å²) < 4.78 is 56.7. The van der Waals surface area contributed by atoms with Gasteiger partial charge in [0.05, 0.1) is 0 Å². The first kappa shape index (κ1) is 21.4. The van der Waals surface area contributed by atoms with E-state index in [9.17, 15) is 17.6 Å². The molecular weight excluding hydrogens is 400 g/mol. The van der Waals surface area contributed by atoms with Crippen LogP contribution < -0.4 is 0 Å². The molecule has 0 amide bonds. The zero-order valence-corrected chi connectivity index (χ0v) is 17.0. The van der Waals surface area contributed by atoms with E-state index in [4.69, 9.17) is 11.6 Å². The monoisotopic (exact) mass is 420 g/mol. The molecule has 0 radical (unpaired) electrons. The van der Waals surface area contributed by atoms with Crippen LogP contribution in [0.15, 0.2) is 42.5 Å². The molecule has 0 aliphatic carbocycles. The molecule has 0 saturated carbocycles. The quantitative estimate of drug-likeness (QED) is 0.373. The van der Waals surface area contributed by atoms with E-state index in [2.05, 4.69) is 0 Å². The molecule has 5 heteroatoms. The van der Waals surface area contributed by atoms with Crippen LogP contribution in [-0.2, 0) is 25.7 Å². The highest BCUT2D eigenvalue weighted by Gasteiger charge is 2.13. The molecule has 0 aliphatic heterocycles. The van der Waals surface area contributed by atoms with Crippen LogP contribution in [0.5, 0.6) is 0 Å². The average molecular weight is 421 g/mol. The standard InChI is InChI=1S/C24H21ClF4/c1-14-3-6-18(22(27)9-14)7-4-17-12-23(28)19(24(29)13-17)8-5-16-10-20(25)15(2)21(26)11-16/h3,6,9-13H,4-5,7-8H2,1-2H3. The van der Waals surface area contributed by atoms with Gasteiger partial charge in [0, 0.05) is 16.1 Å². The molecule has 3 aromatic carbocycles. The summed E-state index contributed by atoms with van der Waals surface area (Å²) in [6, 6.07) is 10.5. The average Bonchev–Trinajstić information content (AvgIpc) is 2.64. The maximum Gasteiger partial charge on any atom is 0.129 e. The molecule has 0 aromatic heterocycles. The van der Waals surface area contributed by atoms with Crippen LogP contribution in [0.4, 0.5) is 17.6 Å². The summed E-state index contributed by atoms with van der Waals surface area (Å²) in [7, 11) is 0. The van der Waals surface area contributed by atoms with E-state index in [1.54, 1.807) is 26.0 Å². The molecular formula is C24H21ClF4. The molecule has 0 spiro atoms. The van der Waals surface area contributed by atoms with Crippen molar-refractivity contribution in [1.82, 2.24) is 0 Å². The summed E-state index contributed by atoms with van der Waals surface area (Å²) in [5.74, 6) is -2.05. The van der Waals surface area contributed by atoms with Gasteiger partial charge in [0.25, 0.3) is 0 Å². The van der Waals surface area contributed by atoms with E-state index in [1.165, 1.54) is 24.3 Å². The van der Waals surface area contributed by atoms with Crippen LogP contribution in [0.3, 0.4) is 0 Å². The lowest BCUT2D eigenvalue weighted by atomic mass is 9.98. The van der Waals surface area contributed by atoms with Crippen LogP contribution in [0.1, 0.15) is 33.4 Å². The Hall–Kier alpha value is -2.33. The SMILES string of the molecule is Cc1ccc(CCc2cc(F)c(CCc3cc(F)c(C)c(Cl)c3)c(F)c2)c(F)c1. The van der Waals surface area contributed by atoms with Gasteiger partial charge in [0.2, 0.25) is 0 Å². The molecule has 29 heavy (non-hydrogen) atoms. The third-order valence-corrected chi connectivity index (χ3v) is 5.49. The van der Waals surface area contributed by atoms with E-state index >= 15 is 0 Å². The minimum atomic E-state index is -0.650. The first-order valence-corrected chi connectivity index (χ1v) is 9.78. The molecule has 0 nitrogen and oxygen atoms in total. The van der Waals surface area contributed by atoms with E-state index in [-0.39, 0.29) is 24.2 Å². The van der Waals surface area contributed by atoms with Crippen LogP contribution >= 0.6 is 11.6 Å². The van der Waals surface area contributed by atoms with Gasteiger partial charge in [-0.3, -0.25) is 0 Å². The van der Waals surface area contributed by atoms with Gasteiger partial charge in [-0.1, -0.05) is 23.7 Å². The summed E-state index contributed by atoms with van der Waals surface area (Å²) >= 11 is 5.97. The van der Waals surface area contributed by atoms with Crippen molar-refractivity contribution in [3.8, 4) is 0 Å². The first-order chi connectivity index (χ1) is 13.7. The molecule has 0 fully saturated rings. The smallest absolute Gasteiger partial charge is 0.129 e. The topological polar surface area (TPSA) is 0 Å². The van der Waals surface area contributed by atoms with Crippen molar-refractivity contribution in [3.63, 3.8) is 0 Å². The Morgan fingerprint density at radius 2 is 1.24 bits per heavy atom. The molecule has 0 bridgehead atoms. The van der Waals surface area contributed by atoms with Crippen molar-refractivity contribution >= 4 is 11.6 Å². The van der Waals surface area contributed by atoms with Gasteiger partial charge in [0.1, 0.15) is 23.3 Å². The van der Waals surface area contributed by atoms with Gasteiger partial charge in [-0.2, -0.15) is 0 Å². The minimum Gasteiger partial charge on any atom is -0.207 e. The Morgan fingerprint density at radius 3 is 1.86 bits per heavy atom. The third-order valence-electron chi connectivity index (χ3n) is 5.10. The highest BCUT2D eigenvalue weighted by molar-refractivity contribution is 6.31. The van der Waals surface area contributed by atoms with Crippen molar-refractivity contribution in [2.45, 2.75) is 39.5 Å². The number of hydrogen-bond donors (Lipinski definition) is 0. The summed E-state index contributed by atoms with van der Waals surface area (Å²) in [5.41, 5.74) is 2.68. The highest BCUT2D eigenvalue weighted by Crippen LogP contribution is 2.24. The summed E-state index contributed by atoms with van der Waals surface area (Å²) in [6.45, 7) is 3.37. The first-order valence-electron chi connectivity index (χ1n) is 9.41.